The summed E-state index contributed by atoms with van der Waals surface area (Å²) in [5.74, 6) is 2.01. The summed E-state index contributed by atoms with van der Waals surface area (Å²) in [4.78, 5) is 0. The Labute approximate surface area is 134 Å². The molecule has 2 aromatic carbocycles. The molecule has 0 atom stereocenters. The molecule has 0 aliphatic heterocycles. The van der Waals surface area contributed by atoms with E-state index in [2.05, 4.69) is 26.0 Å². The van der Waals surface area contributed by atoms with Crippen LogP contribution in [0.5, 0.6) is 11.5 Å². The van der Waals surface area contributed by atoms with Crippen molar-refractivity contribution < 1.29 is 9.47 Å². The van der Waals surface area contributed by atoms with Crippen molar-refractivity contribution in [1.82, 2.24) is 0 Å². The van der Waals surface area contributed by atoms with Gasteiger partial charge >= 0.3 is 0 Å². The molecule has 0 radical (unpaired) electrons. The molecule has 2 aromatic rings. The summed E-state index contributed by atoms with van der Waals surface area (Å²) in [6, 6.07) is 16.3. The summed E-state index contributed by atoms with van der Waals surface area (Å²) in [6.45, 7) is 5.75. The topological polar surface area (TPSA) is 18.5 Å². The van der Waals surface area contributed by atoms with Gasteiger partial charge in [-0.05, 0) is 62.8 Å². The molecule has 2 heteroatoms. The van der Waals surface area contributed by atoms with Crippen LogP contribution in [-0.4, -0.2) is 13.2 Å². The Kier molecular flexibility index (Phi) is 6.82. The molecule has 0 heterocycles. The first-order chi connectivity index (χ1) is 10.8. The molecule has 0 aliphatic rings. The van der Waals surface area contributed by atoms with Crippen LogP contribution in [0.15, 0.2) is 48.5 Å². The lowest BCUT2D eigenvalue weighted by molar-refractivity contribution is 0.286. The van der Waals surface area contributed by atoms with Gasteiger partial charge in [-0.1, -0.05) is 36.4 Å². The van der Waals surface area contributed by atoms with Crippen molar-refractivity contribution >= 4 is 0 Å². The van der Waals surface area contributed by atoms with Crippen LogP contribution in [0.1, 0.15) is 36.8 Å². The molecule has 118 valence electrons. The first kappa shape index (κ1) is 16.4. The van der Waals surface area contributed by atoms with Crippen molar-refractivity contribution in [2.24, 2.45) is 0 Å². The molecule has 0 spiro atoms. The van der Waals surface area contributed by atoms with Crippen LogP contribution in [0.25, 0.3) is 0 Å². The van der Waals surface area contributed by atoms with Crippen LogP contribution in [0.2, 0.25) is 0 Å². The zero-order chi connectivity index (χ0) is 15.6. The zero-order valence-electron chi connectivity index (χ0n) is 13.7. The van der Waals surface area contributed by atoms with Gasteiger partial charge in [-0.2, -0.15) is 0 Å². The van der Waals surface area contributed by atoms with E-state index in [0.717, 1.165) is 37.6 Å². The highest BCUT2D eigenvalue weighted by Gasteiger charge is 1.99. The minimum absolute atomic E-state index is 0.795. The van der Waals surface area contributed by atoms with Gasteiger partial charge < -0.3 is 9.47 Å². The minimum atomic E-state index is 0.795. The standard InChI is InChI=1S/C20H26O2/c1-17-11-5-7-13-19(17)21-15-9-3-4-10-16-22-20-14-8-6-12-18(20)2/h5-8,11-14H,3-4,9-10,15-16H2,1-2H3. The molecule has 0 fully saturated rings. The number of ether oxygens (including phenoxy) is 2. The quantitative estimate of drug-likeness (QED) is 0.583. The Balaban J connectivity index is 1.51. The second-order valence-corrected chi connectivity index (χ2v) is 5.64. The third-order valence-corrected chi connectivity index (χ3v) is 3.74. The fourth-order valence-corrected chi connectivity index (χ4v) is 2.36. The summed E-state index contributed by atoms with van der Waals surface area (Å²) in [5.41, 5.74) is 2.41. The number of unbranched alkanes of at least 4 members (excludes halogenated alkanes) is 3. The smallest absolute Gasteiger partial charge is 0.122 e. The van der Waals surface area contributed by atoms with Gasteiger partial charge in [-0.15, -0.1) is 0 Å². The van der Waals surface area contributed by atoms with E-state index in [-0.39, 0.29) is 0 Å². The second kappa shape index (κ2) is 9.14. The molecule has 22 heavy (non-hydrogen) atoms. The third-order valence-electron chi connectivity index (χ3n) is 3.74. The van der Waals surface area contributed by atoms with E-state index in [1.807, 2.05) is 36.4 Å². The molecule has 2 nitrogen and oxygen atoms in total. The lowest BCUT2D eigenvalue weighted by Gasteiger charge is -2.09. The molecule has 0 saturated heterocycles. The Morgan fingerprint density at radius 3 is 1.41 bits per heavy atom. The molecule has 2 rings (SSSR count). The lowest BCUT2D eigenvalue weighted by atomic mass is 10.2. The first-order valence-electron chi connectivity index (χ1n) is 8.14. The molecular formula is C20H26O2. The molecule has 0 saturated carbocycles. The van der Waals surface area contributed by atoms with E-state index in [1.165, 1.54) is 24.0 Å². The second-order valence-electron chi connectivity index (χ2n) is 5.64. The van der Waals surface area contributed by atoms with Gasteiger partial charge in [0, 0.05) is 0 Å². The van der Waals surface area contributed by atoms with Gasteiger partial charge in [-0.25, -0.2) is 0 Å². The number of benzene rings is 2. The number of aryl methyl sites for hydroxylation is 2. The summed E-state index contributed by atoms with van der Waals surface area (Å²) in [6.07, 6.45) is 4.56. The Morgan fingerprint density at radius 1 is 0.591 bits per heavy atom. The van der Waals surface area contributed by atoms with Gasteiger partial charge in [0.15, 0.2) is 0 Å². The van der Waals surface area contributed by atoms with Crippen molar-refractivity contribution in [2.75, 3.05) is 13.2 Å². The highest BCUT2D eigenvalue weighted by molar-refractivity contribution is 5.32. The normalized spacial score (nSPS) is 10.5. The van der Waals surface area contributed by atoms with E-state index >= 15 is 0 Å². The summed E-state index contributed by atoms with van der Waals surface area (Å²) < 4.78 is 11.6. The highest BCUT2D eigenvalue weighted by Crippen LogP contribution is 2.18. The minimum Gasteiger partial charge on any atom is -0.493 e. The van der Waals surface area contributed by atoms with Gasteiger partial charge in [0.1, 0.15) is 11.5 Å². The predicted molar refractivity (Wildman–Crippen MR) is 91.8 cm³/mol. The fourth-order valence-electron chi connectivity index (χ4n) is 2.36. The SMILES string of the molecule is Cc1ccccc1OCCCCCCOc1ccccc1C. The van der Waals surface area contributed by atoms with Crippen LogP contribution in [0, 0.1) is 13.8 Å². The molecule has 0 bridgehead atoms. The molecule has 0 unspecified atom stereocenters. The number of para-hydroxylation sites is 2. The highest BCUT2D eigenvalue weighted by atomic mass is 16.5. The largest absolute Gasteiger partial charge is 0.493 e. The molecular weight excluding hydrogens is 272 g/mol. The summed E-state index contributed by atoms with van der Waals surface area (Å²) in [5, 5.41) is 0. The number of rotatable bonds is 9. The number of hydrogen-bond acceptors (Lipinski definition) is 2. The van der Waals surface area contributed by atoms with Crippen LogP contribution in [0.4, 0.5) is 0 Å². The van der Waals surface area contributed by atoms with Crippen molar-refractivity contribution in [1.29, 1.82) is 0 Å². The average molecular weight is 298 g/mol. The van der Waals surface area contributed by atoms with Crippen LogP contribution in [0.3, 0.4) is 0 Å². The van der Waals surface area contributed by atoms with E-state index in [1.54, 1.807) is 0 Å². The summed E-state index contributed by atoms with van der Waals surface area (Å²) in [7, 11) is 0. The van der Waals surface area contributed by atoms with Gasteiger partial charge in [0.05, 0.1) is 13.2 Å². The maximum absolute atomic E-state index is 5.80. The van der Waals surface area contributed by atoms with Crippen LogP contribution < -0.4 is 9.47 Å². The molecule has 0 aromatic heterocycles. The Bertz CT molecular complexity index is 512. The Hall–Kier alpha value is -1.96. The van der Waals surface area contributed by atoms with Crippen molar-refractivity contribution in [3.05, 3.63) is 59.7 Å². The zero-order valence-corrected chi connectivity index (χ0v) is 13.7. The predicted octanol–water partition coefficient (Wildman–Crippen LogP) is 5.32. The van der Waals surface area contributed by atoms with E-state index in [4.69, 9.17) is 9.47 Å². The fraction of sp³-hybridized carbons (Fsp3) is 0.400. The third kappa shape index (κ3) is 5.44. The van der Waals surface area contributed by atoms with Crippen molar-refractivity contribution in [3.8, 4) is 11.5 Å². The van der Waals surface area contributed by atoms with Crippen LogP contribution >= 0.6 is 0 Å². The van der Waals surface area contributed by atoms with Crippen molar-refractivity contribution in [3.63, 3.8) is 0 Å². The van der Waals surface area contributed by atoms with Crippen molar-refractivity contribution in [2.45, 2.75) is 39.5 Å². The van der Waals surface area contributed by atoms with Gasteiger partial charge in [-0.3, -0.25) is 0 Å². The molecule has 0 N–H and O–H groups in total. The maximum Gasteiger partial charge on any atom is 0.122 e. The van der Waals surface area contributed by atoms with E-state index in [0.29, 0.717) is 0 Å². The Morgan fingerprint density at radius 2 is 1.00 bits per heavy atom. The van der Waals surface area contributed by atoms with E-state index in [9.17, 15) is 0 Å². The lowest BCUT2D eigenvalue weighted by Crippen LogP contribution is -2.01. The summed E-state index contributed by atoms with van der Waals surface area (Å²) >= 11 is 0. The molecule has 0 amide bonds. The monoisotopic (exact) mass is 298 g/mol. The van der Waals surface area contributed by atoms with Gasteiger partial charge in [0.25, 0.3) is 0 Å². The van der Waals surface area contributed by atoms with Crippen LogP contribution in [-0.2, 0) is 0 Å². The van der Waals surface area contributed by atoms with E-state index < -0.39 is 0 Å². The molecule has 0 aliphatic carbocycles. The van der Waals surface area contributed by atoms with Gasteiger partial charge in [0.2, 0.25) is 0 Å². The average Bonchev–Trinajstić information content (AvgIpc) is 2.53. The number of hydrogen-bond donors (Lipinski definition) is 0. The first-order valence-corrected chi connectivity index (χ1v) is 8.14. The maximum atomic E-state index is 5.80.